The Labute approximate surface area is 150 Å². The van der Waals surface area contributed by atoms with E-state index in [0.29, 0.717) is 0 Å². The number of hydrogen-bond acceptors (Lipinski definition) is 1. The van der Waals surface area contributed by atoms with Crippen LogP contribution in [0.15, 0.2) is 72.1 Å². The van der Waals surface area contributed by atoms with Gasteiger partial charge in [-0.3, -0.25) is 0 Å². The zero-order chi connectivity index (χ0) is 17.0. The second kappa shape index (κ2) is 7.55. The van der Waals surface area contributed by atoms with Crippen molar-refractivity contribution < 1.29 is 0 Å². The summed E-state index contributed by atoms with van der Waals surface area (Å²) in [6, 6.07) is 21.3. The molecule has 0 saturated carbocycles. The first-order chi connectivity index (χ1) is 11.7. The van der Waals surface area contributed by atoms with Crippen LogP contribution >= 0.6 is 6.34 Å². The Hall–Kier alpha value is -1.57. The molecule has 0 unspecified atom stereocenters. The Balaban J connectivity index is 2.12. The first-order valence-corrected chi connectivity index (χ1v) is 11.4. The monoisotopic (exact) mass is 356 g/mol. The lowest BCUT2D eigenvalue weighted by Gasteiger charge is -2.38. The molecular weight excluding hydrogens is 331 g/mol. The summed E-state index contributed by atoms with van der Waals surface area (Å²) < 4.78 is 4.97. The smallest absolute Gasteiger partial charge is 0.149 e. The summed E-state index contributed by atoms with van der Waals surface area (Å²) >= 11 is 6.45. The summed E-state index contributed by atoms with van der Waals surface area (Å²) in [5.41, 5.74) is 2.49. The van der Waals surface area contributed by atoms with Crippen molar-refractivity contribution in [3.05, 3.63) is 72.1 Å². The number of nitrogens with zero attached hydrogens (tertiary/aromatic N) is 2. The van der Waals surface area contributed by atoms with Gasteiger partial charge >= 0.3 is 0 Å². The maximum Gasteiger partial charge on any atom is 0.149 e. The molecule has 24 heavy (non-hydrogen) atoms. The van der Waals surface area contributed by atoms with Gasteiger partial charge in [0, 0.05) is 24.5 Å². The number of benzene rings is 2. The van der Waals surface area contributed by atoms with E-state index in [4.69, 9.17) is 11.8 Å². The lowest BCUT2D eigenvalue weighted by atomic mass is 10.3. The Morgan fingerprint density at radius 3 is 1.75 bits per heavy atom. The van der Waals surface area contributed by atoms with Crippen LogP contribution in [-0.4, -0.2) is 13.1 Å². The highest BCUT2D eigenvalue weighted by Gasteiger charge is 2.40. The van der Waals surface area contributed by atoms with E-state index in [1.165, 1.54) is 16.7 Å². The van der Waals surface area contributed by atoms with Gasteiger partial charge in [-0.2, -0.15) is 0 Å². The van der Waals surface area contributed by atoms with Crippen molar-refractivity contribution >= 4 is 29.5 Å². The fourth-order valence-corrected chi connectivity index (χ4v) is 8.37. The summed E-state index contributed by atoms with van der Waals surface area (Å²) in [4.78, 5) is 0. The van der Waals surface area contributed by atoms with Crippen LogP contribution in [-0.2, 0) is 11.8 Å². The molecule has 0 N–H and O–H groups in total. The highest BCUT2D eigenvalue weighted by molar-refractivity contribution is 8.18. The van der Waals surface area contributed by atoms with E-state index in [2.05, 4.69) is 89.9 Å². The molecule has 0 radical (unpaired) electrons. The Kier molecular flexibility index (Phi) is 5.43. The fraction of sp³-hybridized carbons (Fsp3) is 0.300. The van der Waals surface area contributed by atoms with Crippen molar-refractivity contribution in [1.29, 1.82) is 0 Å². The molecule has 1 saturated heterocycles. The summed E-state index contributed by atoms with van der Waals surface area (Å²) in [7, 11) is 0. The molecule has 0 spiro atoms. The molecule has 1 aliphatic heterocycles. The molecule has 2 nitrogen and oxygen atoms in total. The summed E-state index contributed by atoms with van der Waals surface area (Å²) in [6.45, 7) is 6.40. The van der Waals surface area contributed by atoms with Crippen molar-refractivity contribution in [3.8, 4) is 0 Å². The minimum atomic E-state index is -2.00. The third-order valence-corrected chi connectivity index (χ3v) is 9.77. The number of allylic oxidation sites excluding steroid dienone is 2. The maximum atomic E-state index is 6.45. The first kappa shape index (κ1) is 17.3. The normalized spacial score (nSPS) is 17.3. The molecule has 2 aromatic rings. The van der Waals surface area contributed by atoms with Gasteiger partial charge in [0.05, 0.1) is 0 Å². The van der Waals surface area contributed by atoms with Crippen LogP contribution in [0.2, 0.25) is 0 Å². The van der Waals surface area contributed by atoms with Crippen molar-refractivity contribution in [1.82, 2.24) is 0 Å². The fourth-order valence-electron chi connectivity index (χ4n) is 3.38. The highest BCUT2D eigenvalue weighted by atomic mass is 32.4. The van der Waals surface area contributed by atoms with Crippen LogP contribution in [0.25, 0.3) is 0 Å². The molecule has 0 atom stereocenters. The quantitative estimate of drug-likeness (QED) is 0.604. The van der Waals surface area contributed by atoms with E-state index in [0.717, 1.165) is 25.9 Å². The zero-order valence-electron chi connectivity index (χ0n) is 14.4. The molecule has 0 bridgehead atoms. The summed E-state index contributed by atoms with van der Waals surface area (Å²) in [6.07, 6.45) is 2.41. The van der Waals surface area contributed by atoms with E-state index in [-0.39, 0.29) is 0 Å². The SMILES string of the molecule is CC/C=C(\CC)P1(=S)N(c2ccccc2)CCN1c1ccccc1. The standard InChI is InChI=1S/C20H25N2PS/c1-3-11-20(4-2)23(24)21(18-12-7-5-8-13-18)16-17-22(23)19-14-9-6-10-15-19/h5-15H,3-4,16-17H2,1-2H3/b20-11+. The van der Waals surface area contributed by atoms with Crippen LogP contribution in [0.5, 0.6) is 0 Å². The van der Waals surface area contributed by atoms with Crippen molar-refractivity contribution in [2.24, 2.45) is 0 Å². The van der Waals surface area contributed by atoms with Gasteiger partial charge in [-0.05, 0) is 54.2 Å². The zero-order valence-corrected chi connectivity index (χ0v) is 16.1. The number of anilines is 2. The van der Waals surface area contributed by atoms with Gasteiger partial charge in [-0.15, -0.1) is 0 Å². The maximum absolute atomic E-state index is 6.45. The topological polar surface area (TPSA) is 6.48 Å². The molecule has 2 aromatic carbocycles. The molecule has 3 rings (SSSR count). The van der Waals surface area contributed by atoms with E-state index in [1.54, 1.807) is 0 Å². The van der Waals surface area contributed by atoms with Crippen molar-refractivity contribution in [2.45, 2.75) is 26.7 Å². The van der Waals surface area contributed by atoms with Gasteiger partial charge in [0.2, 0.25) is 0 Å². The minimum Gasteiger partial charge on any atom is -0.323 e. The van der Waals surface area contributed by atoms with Crippen LogP contribution in [0.3, 0.4) is 0 Å². The first-order valence-electron chi connectivity index (χ1n) is 8.67. The molecular formula is C20H25N2PS. The third-order valence-electron chi connectivity index (χ3n) is 4.46. The molecule has 1 fully saturated rings. The molecule has 1 aliphatic rings. The van der Waals surface area contributed by atoms with E-state index < -0.39 is 6.34 Å². The van der Waals surface area contributed by atoms with Crippen LogP contribution in [0.4, 0.5) is 11.4 Å². The molecule has 0 aliphatic carbocycles. The largest absolute Gasteiger partial charge is 0.323 e. The second-order valence-electron chi connectivity index (χ2n) is 5.92. The lowest BCUT2D eigenvalue weighted by Crippen LogP contribution is -2.20. The van der Waals surface area contributed by atoms with E-state index in [1.807, 2.05) is 0 Å². The van der Waals surface area contributed by atoms with Gasteiger partial charge in [0.15, 0.2) is 0 Å². The molecule has 4 heteroatoms. The lowest BCUT2D eigenvalue weighted by molar-refractivity contribution is 1.02. The van der Waals surface area contributed by atoms with Crippen LogP contribution in [0.1, 0.15) is 26.7 Å². The average molecular weight is 356 g/mol. The van der Waals surface area contributed by atoms with Gasteiger partial charge in [0.25, 0.3) is 0 Å². The number of hydrogen-bond donors (Lipinski definition) is 0. The van der Waals surface area contributed by atoms with E-state index >= 15 is 0 Å². The summed E-state index contributed by atoms with van der Waals surface area (Å²) in [5, 5.41) is 1.42. The van der Waals surface area contributed by atoms with Crippen molar-refractivity contribution in [2.75, 3.05) is 22.4 Å². The Bertz CT molecular complexity index is 691. The molecule has 0 amide bonds. The second-order valence-corrected chi connectivity index (χ2v) is 10.1. The molecule has 1 heterocycles. The van der Waals surface area contributed by atoms with Crippen LogP contribution in [0, 0.1) is 0 Å². The number of para-hydroxylation sites is 2. The Morgan fingerprint density at radius 2 is 1.38 bits per heavy atom. The van der Waals surface area contributed by atoms with Gasteiger partial charge in [-0.25, -0.2) is 0 Å². The Morgan fingerprint density at radius 1 is 0.917 bits per heavy atom. The van der Waals surface area contributed by atoms with Gasteiger partial charge in [0.1, 0.15) is 6.34 Å². The third kappa shape index (κ3) is 3.03. The minimum absolute atomic E-state index is 0.983. The highest BCUT2D eigenvalue weighted by Crippen LogP contribution is 2.66. The van der Waals surface area contributed by atoms with Crippen molar-refractivity contribution in [3.63, 3.8) is 0 Å². The average Bonchev–Trinajstić information content (AvgIpc) is 2.99. The predicted molar refractivity (Wildman–Crippen MR) is 111 cm³/mol. The van der Waals surface area contributed by atoms with Gasteiger partial charge < -0.3 is 9.34 Å². The number of rotatable bonds is 5. The molecule has 126 valence electrons. The molecule has 0 aromatic heterocycles. The van der Waals surface area contributed by atoms with E-state index in [9.17, 15) is 0 Å². The predicted octanol–water partition coefficient (Wildman–Crippen LogP) is 6.03. The van der Waals surface area contributed by atoms with Crippen LogP contribution < -0.4 is 9.34 Å². The van der Waals surface area contributed by atoms with Gasteiger partial charge in [-0.1, -0.05) is 56.3 Å². The summed E-state index contributed by atoms with van der Waals surface area (Å²) in [5.74, 6) is 0.